The zero-order valence-corrected chi connectivity index (χ0v) is 27.0. The first-order chi connectivity index (χ1) is 23.6. The number of piperidine rings is 1. The quantitative estimate of drug-likeness (QED) is 0.147. The summed E-state index contributed by atoms with van der Waals surface area (Å²) in [5, 5.41) is 43.4. The molecule has 2 saturated heterocycles. The molecule has 1 unspecified atom stereocenters. The van der Waals surface area contributed by atoms with E-state index in [4.69, 9.17) is 45.8 Å². The number of nitrogens with two attached hydrogens (primary N) is 1. The highest BCUT2D eigenvalue weighted by molar-refractivity contribution is 5.92. The molecule has 2 aliphatic heterocycles. The Labute approximate surface area is 283 Å². The van der Waals surface area contributed by atoms with E-state index in [1.54, 1.807) is 36.4 Å². The fraction of sp³-hybridized carbons (Fsp3) is 0.429. The Morgan fingerprint density at radius 2 is 1.80 bits per heavy atom. The summed E-state index contributed by atoms with van der Waals surface area (Å²) in [4.78, 5) is 23.5. The Morgan fingerprint density at radius 1 is 1.06 bits per heavy atom. The second kappa shape index (κ2) is 16.3. The molecular formula is C35H41FN6O7. The third kappa shape index (κ3) is 8.95. The first kappa shape index (κ1) is 35.8. The number of carboxylic acids is 1. The van der Waals surface area contributed by atoms with Crippen molar-refractivity contribution in [3.8, 4) is 11.9 Å². The Bertz CT molecular complexity index is 1770. The third-order valence-corrected chi connectivity index (χ3v) is 8.87. The summed E-state index contributed by atoms with van der Waals surface area (Å²) in [5.74, 6) is 0.222. The number of hydrogen-bond donors (Lipinski definition) is 5. The lowest BCUT2D eigenvalue weighted by Gasteiger charge is -2.32. The van der Waals surface area contributed by atoms with Crippen molar-refractivity contribution in [2.45, 2.75) is 56.5 Å². The highest BCUT2D eigenvalue weighted by Crippen LogP contribution is 2.30. The summed E-state index contributed by atoms with van der Waals surface area (Å²) >= 11 is 0. The van der Waals surface area contributed by atoms with Gasteiger partial charge in [-0.15, -0.1) is 0 Å². The lowest BCUT2D eigenvalue weighted by Crippen LogP contribution is -2.50. The van der Waals surface area contributed by atoms with Gasteiger partial charge < -0.3 is 40.2 Å². The van der Waals surface area contributed by atoms with Gasteiger partial charge in [0, 0.05) is 29.8 Å². The number of hydrogen-bond acceptors (Lipinski definition) is 11. The molecule has 1 atom stereocenters. The molecular weight excluding hydrogens is 635 g/mol. The van der Waals surface area contributed by atoms with Gasteiger partial charge >= 0.3 is 5.97 Å². The van der Waals surface area contributed by atoms with E-state index < -0.39 is 37.1 Å². The summed E-state index contributed by atoms with van der Waals surface area (Å²) in [7, 11) is 0. The Hall–Kier alpha value is -4.49. The van der Waals surface area contributed by atoms with Gasteiger partial charge in [0.1, 0.15) is 18.2 Å². The van der Waals surface area contributed by atoms with Crippen LogP contribution in [0.5, 0.6) is 5.88 Å². The van der Waals surface area contributed by atoms with Gasteiger partial charge in [-0.05, 0) is 68.8 Å². The van der Waals surface area contributed by atoms with Crippen LogP contribution in [0.2, 0.25) is 0 Å². The summed E-state index contributed by atoms with van der Waals surface area (Å²) in [6.07, 6.45) is 2.96. The molecule has 0 amide bonds. The molecule has 0 aliphatic carbocycles. The number of aromatic nitrogens is 3. The number of aliphatic hydroxyl groups is 3. The van der Waals surface area contributed by atoms with Crippen LogP contribution in [0.25, 0.3) is 11.0 Å². The van der Waals surface area contributed by atoms with E-state index in [-0.39, 0.29) is 29.8 Å². The molecule has 49 heavy (non-hydrogen) atoms. The number of imidazole rings is 1. The molecule has 0 spiro atoms. The number of halogens is 1. The summed E-state index contributed by atoms with van der Waals surface area (Å²) < 4.78 is 27.8. The molecule has 0 radical (unpaired) electrons. The van der Waals surface area contributed by atoms with Crippen molar-refractivity contribution in [1.29, 1.82) is 5.26 Å². The van der Waals surface area contributed by atoms with Gasteiger partial charge in [-0.25, -0.2) is 19.2 Å². The standard InChI is InChI=1S/C31H30FN5O4.C4H11NO3/c32-25-14-20(16-33)4-5-23(25)19-41-30-3-1-2-26(35-30)21-8-11-36(12-9-21)18-29-34-27-7-6-22(31(38)39)15-28(27)37(29)17-24-10-13-40-24;5-4(1-6,2-7)3-8/h1-7,14-15,21,24H,8-13,17-19H2,(H,38,39);6-8H,1-3,5H2. The summed E-state index contributed by atoms with van der Waals surface area (Å²) in [5.41, 5.74) is 7.41. The number of nitrogens with zero attached hydrogens (tertiary/aromatic N) is 5. The first-order valence-electron chi connectivity index (χ1n) is 16.1. The topological polar surface area (TPSA) is 200 Å². The van der Waals surface area contributed by atoms with Crippen LogP contribution < -0.4 is 10.5 Å². The van der Waals surface area contributed by atoms with Gasteiger partial charge in [-0.2, -0.15) is 5.26 Å². The van der Waals surface area contributed by atoms with Gasteiger partial charge in [-0.1, -0.05) is 12.1 Å². The minimum absolute atomic E-state index is 0.0350. The van der Waals surface area contributed by atoms with Crippen molar-refractivity contribution >= 4 is 17.0 Å². The Morgan fingerprint density at radius 3 is 2.39 bits per heavy atom. The second-order valence-electron chi connectivity index (χ2n) is 12.4. The van der Waals surface area contributed by atoms with E-state index >= 15 is 0 Å². The molecule has 2 aliphatic rings. The molecule has 14 heteroatoms. The van der Waals surface area contributed by atoms with Crippen LogP contribution in [0.1, 0.15) is 58.2 Å². The predicted octanol–water partition coefficient (Wildman–Crippen LogP) is 2.55. The normalized spacial score (nSPS) is 16.8. The highest BCUT2D eigenvalue weighted by Gasteiger charge is 2.26. The SMILES string of the molecule is N#Cc1ccc(COc2cccc(C3CCN(Cc4nc5ccc(C(=O)O)cc5n4CC4CCO4)CC3)n2)c(F)c1.NC(CO)(CO)CO. The number of rotatable bonds is 12. The number of carbonyl (C=O) groups is 1. The van der Waals surface area contributed by atoms with E-state index in [1.807, 2.05) is 18.2 Å². The maximum atomic E-state index is 14.2. The average Bonchev–Trinajstić information content (AvgIpc) is 3.45. The molecule has 0 saturated carbocycles. The minimum atomic E-state index is -1.21. The fourth-order valence-corrected chi connectivity index (χ4v) is 5.62. The Kier molecular flexibility index (Phi) is 11.9. The van der Waals surface area contributed by atoms with Crippen molar-refractivity contribution in [2.24, 2.45) is 5.73 Å². The molecule has 2 aromatic heterocycles. The van der Waals surface area contributed by atoms with Crippen molar-refractivity contribution in [1.82, 2.24) is 19.4 Å². The molecule has 4 aromatic rings. The summed E-state index contributed by atoms with van der Waals surface area (Å²) in [6, 6.07) is 17.0. The van der Waals surface area contributed by atoms with Gasteiger partial charge in [-0.3, -0.25) is 4.90 Å². The van der Waals surface area contributed by atoms with Crippen LogP contribution >= 0.6 is 0 Å². The number of fused-ring (bicyclic) bond motifs is 1. The number of ether oxygens (including phenoxy) is 2. The number of carboxylic acid groups (broad SMARTS) is 1. The molecule has 2 aromatic carbocycles. The minimum Gasteiger partial charge on any atom is -0.478 e. The van der Waals surface area contributed by atoms with Crippen LogP contribution in [0.4, 0.5) is 4.39 Å². The third-order valence-electron chi connectivity index (χ3n) is 8.87. The van der Waals surface area contributed by atoms with Crippen LogP contribution in [0.3, 0.4) is 0 Å². The maximum Gasteiger partial charge on any atom is 0.335 e. The van der Waals surface area contributed by atoms with Gasteiger partial charge in [0.15, 0.2) is 0 Å². The zero-order valence-electron chi connectivity index (χ0n) is 27.0. The predicted molar refractivity (Wildman–Crippen MR) is 176 cm³/mol. The lowest BCUT2D eigenvalue weighted by atomic mass is 9.93. The van der Waals surface area contributed by atoms with E-state index in [2.05, 4.69) is 9.47 Å². The highest BCUT2D eigenvalue weighted by atomic mass is 19.1. The largest absolute Gasteiger partial charge is 0.478 e. The fourth-order valence-electron chi connectivity index (χ4n) is 5.62. The molecule has 6 rings (SSSR count). The zero-order chi connectivity index (χ0) is 35.0. The van der Waals surface area contributed by atoms with Crippen LogP contribution in [-0.4, -0.2) is 97.0 Å². The smallest absolute Gasteiger partial charge is 0.335 e. The van der Waals surface area contributed by atoms with E-state index in [0.29, 0.717) is 24.5 Å². The molecule has 4 heterocycles. The molecule has 6 N–H and O–H groups in total. The van der Waals surface area contributed by atoms with Crippen molar-refractivity contribution in [3.63, 3.8) is 0 Å². The summed E-state index contributed by atoms with van der Waals surface area (Å²) in [6.45, 7) is 2.66. The number of aromatic carboxylic acids is 1. The molecule has 13 nitrogen and oxygen atoms in total. The maximum absolute atomic E-state index is 14.2. The van der Waals surface area contributed by atoms with Crippen LogP contribution in [0.15, 0.2) is 54.6 Å². The van der Waals surface area contributed by atoms with Gasteiger partial charge in [0.05, 0.1) is 72.8 Å². The van der Waals surface area contributed by atoms with E-state index in [1.165, 1.54) is 6.07 Å². The van der Waals surface area contributed by atoms with E-state index in [0.717, 1.165) is 61.5 Å². The van der Waals surface area contributed by atoms with Crippen molar-refractivity contribution in [3.05, 3.63) is 88.6 Å². The number of nitriles is 1. The average molecular weight is 677 g/mol. The molecule has 0 bridgehead atoms. The Balaban J connectivity index is 0.000000523. The van der Waals surface area contributed by atoms with Crippen molar-refractivity contribution in [2.75, 3.05) is 39.5 Å². The molecule has 260 valence electrons. The lowest BCUT2D eigenvalue weighted by molar-refractivity contribution is -0.0592. The number of pyridine rings is 1. The monoisotopic (exact) mass is 676 g/mol. The number of benzene rings is 2. The van der Waals surface area contributed by atoms with Gasteiger partial charge in [0.2, 0.25) is 5.88 Å². The molecule has 2 fully saturated rings. The second-order valence-corrected chi connectivity index (χ2v) is 12.4. The van der Waals surface area contributed by atoms with Crippen LogP contribution in [-0.2, 0) is 24.4 Å². The van der Waals surface area contributed by atoms with Crippen molar-refractivity contribution < 1.29 is 39.1 Å². The first-order valence-corrected chi connectivity index (χ1v) is 16.1. The van der Waals surface area contributed by atoms with E-state index in [9.17, 15) is 14.3 Å². The number of aliphatic hydroxyl groups excluding tert-OH is 3. The van der Waals surface area contributed by atoms with Gasteiger partial charge in [0.25, 0.3) is 0 Å². The van der Waals surface area contributed by atoms with Crippen LogP contribution in [0, 0.1) is 17.1 Å². The number of likely N-dealkylation sites (tertiary alicyclic amines) is 1.